The zero-order chi connectivity index (χ0) is 20.8. The summed E-state index contributed by atoms with van der Waals surface area (Å²) in [6.45, 7) is 0. The summed E-state index contributed by atoms with van der Waals surface area (Å²) in [6.07, 6.45) is 4.49. The van der Waals surface area contributed by atoms with Crippen LogP contribution in [-0.4, -0.2) is 32.8 Å². The van der Waals surface area contributed by atoms with E-state index in [4.69, 9.17) is 5.73 Å². The molecule has 150 valence electrons. The maximum Gasteiger partial charge on any atom is 0.236 e. The Hall–Kier alpha value is -2.33. The van der Waals surface area contributed by atoms with Gasteiger partial charge in [-0.25, -0.2) is 18.7 Å². The van der Waals surface area contributed by atoms with Crippen molar-refractivity contribution in [1.82, 2.24) is 15.3 Å². The van der Waals surface area contributed by atoms with E-state index in [1.807, 2.05) is 0 Å². The number of nitrogens with zero attached hydrogens (tertiary/aromatic N) is 3. The predicted octanol–water partition coefficient (Wildman–Crippen LogP) is 3.45. The highest BCUT2D eigenvalue weighted by molar-refractivity contribution is 9.10. The van der Waals surface area contributed by atoms with Crippen LogP contribution in [0.1, 0.15) is 29.3 Å². The molecule has 1 aliphatic carbocycles. The Morgan fingerprint density at radius 3 is 2.90 bits per heavy atom. The number of halogens is 3. The van der Waals surface area contributed by atoms with Gasteiger partial charge in [-0.1, -0.05) is 17.8 Å². The summed E-state index contributed by atoms with van der Waals surface area (Å²) < 4.78 is 28.9. The molecule has 4 rings (SSSR count). The van der Waals surface area contributed by atoms with Crippen LogP contribution < -0.4 is 11.1 Å². The molecule has 3 N–H and O–H groups in total. The number of carbonyl (C=O) groups is 1. The molecule has 0 bridgehead atoms. The van der Waals surface area contributed by atoms with E-state index in [1.54, 1.807) is 7.05 Å². The molecule has 1 aromatic heterocycles. The van der Waals surface area contributed by atoms with Gasteiger partial charge in [0.05, 0.1) is 18.4 Å². The molecular weight excluding hydrogens is 464 g/mol. The number of nitrogens with two attached hydrogens (primary N) is 1. The van der Waals surface area contributed by atoms with Gasteiger partial charge in [-0.3, -0.25) is 9.79 Å². The summed E-state index contributed by atoms with van der Waals surface area (Å²) in [5.41, 5.74) is 6.73. The van der Waals surface area contributed by atoms with E-state index in [-0.39, 0.29) is 28.3 Å². The fourth-order valence-electron chi connectivity index (χ4n) is 3.53. The Morgan fingerprint density at radius 1 is 1.41 bits per heavy atom. The third-order valence-electron chi connectivity index (χ3n) is 5.00. The Balaban J connectivity index is 1.67. The van der Waals surface area contributed by atoms with Gasteiger partial charge in [-0.05, 0) is 46.1 Å². The van der Waals surface area contributed by atoms with Crippen molar-refractivity contribution in [1.29, 1.82) is 0 Å². The van der Waals surface area contributed by atoms with Gasteiger partial charge in [-0.15, -0.1) is 0 Å². The Bertz CT molecular complexity index is 1050. The zero-order valence-corrected chi connectivity index (χ0v) is 17.6. The summed E-state index contributed by atoms with van der Waals surface area (Å²) >= 11 is 4.36. The van der Waals surface area contributed by atoms with Gasteiger partial charge in [0.2, 0.25) is 5.91 Å². The molecule has 1 saturated carbocycles. The largest absolute Gasteiger partial charge is 0.378 e. The number of amides is 1. The van der Waals surface area contributed by atoms with Crippen LogP contribution in [0.4, 0.5) is 8.78 Å². The number of amidine groups is 1. The summed E-state index contributed by atoms with van der Waals surface area (Å²) in [5, 5.41) is 2.88. The second-order valence-electron chi connectivity index (χ2n) is 6.79. The van der Waals surface area contributed by atoms with Crippen LogP contribution in [0.5, 0.6) is 0 Å². The van der Waals surface area contributed by atoms with Gasteiger partial charge in [-0.2, -0.15) is 0 Å². The maximum absolute atomic E-state index is 14.6. The van der Waals surface area contributed by atoms with E-state index in [9.17, 15) is 13.6 Å². The van der Waals surface area contributed by atoms with Crippen molar-refractivity contribution in [2.45, 2.75) is 17.2 Å². The SMILES string of the molecule is CNC(=O)C12CC1C(c1cc(/C=C(\F)c3cnc(Br)cn3)ccc1F)N=C(N)S2. The molecule has 1 aromatic carbocycles. The molecule has 2 aliphatic rings. The first-order valence-electron chi connectivity index (χ1n) is 8.73. The first kappa shape index (κ1) is 20.0. The molecule has 3 unspecified atom stereocenters. The molecule has 2 heterocycles. The van der Waals surface area contributed by atoms with Crippen LogP contribution in [0.3, 0.4) is 0 Å². The molecule has 1 amide bonds. The highest BCUT2D eigenvalue weighted by Gasteiger charge is 2.66. The second kappa shape index (κ2) is 7.49. The smallest absolute Gasteiger partial charge is 0.236 e. The molecule has 3 atom stereocenters. The highest BCUT2D eigenvalue weighted by Crippen LogP contribution is 2.63. The Kier molecular flexibility index (Phi) is 5.16. The Labute approximate surface area is 178 Å². The fraction of sp³-hybridized carbons (Fsp3) is 0.263. The second-order valence-corrected chi connectivity index (χ2v) is 8.95. The first-order chi connectivity index (χ1) is 13.8. The van der Waals surface area contributed by atoms with E-state index < -0.39 is 22.4 Å². The van der Waals surface area contributed by atoms with Crippen LogP contribution in [0.2, 0.25) is 0 Å². The van der Waals surface area contributed by atoms with Crippen molar-refractivity contribution in [3.05, 3.63) is 57.8 Å². The minimum absolute atomic E-state index is 0.0660. The van der Waals surface area contributed by atoms with Gasteiger partial charge in [0.15, 0.2) is 11.0 Å². The molecule has 1 fully saturated rings. The van der Waals surface area contributed by atoms with E-state index in [0.717, 1.165) is 0 Å². The Morgan fingerprint density at radius 2 is 2.21 bits per heavy atom. The summed E-state index contributed by atoms with van der Waals surface area (Å²) in [4.78, 5) is 24.6. The van der Waals surface area contributed by atoms with Crippen LogP contribution in [0.15, 0.2) is 40.2 Å². The van der Waals surface area contributed by atoms with Crippen molar-refractivity contribution in [2.24, 2.45) is 16.6 Å². The van der Waals surface area contributed by atoms with Crippen molar-refractivity contribution < 1.29 is 13.6 Å². The van der Waals surface area contributed by atoms with Gasteiger partial charge in [0.25, 0.3) is 0 Å². The average molecular weight is 480 g/mol. The lowest BCUT2D eigenvalue weighted by molar-refractivity contribution is -0.121. The number of aromatic nitrogens is 2. The van der Waals surface area contributed by atoms with Crippen molar-refractivity contribution in [3.63, 3.8) is 0 Å². The molecule has 2 aromatic rings. The van der Waals surface area contributed by atoms with Crippen LogP contribution >= 0.6 is 27.7 Å². The summed E-state index contributed by atoms with van der Waals surface area (Å²) in [7, 11) is 1.56. The van der Waals surface area contributed by atoms with E-state index >= 15 is 0 Å². The number of hydrogen-bond acceptors (Lipinski definition) is 6. The minimum atomic E-state index is -0.720. The molecule has 0 radical (unpaired) electrons. The van der Waals surface area contributed by atoms with E-state index in [1.165, 1.54) is 48.4 Å². The minimum Gasteiger partial charge on any atom is -0.378 e. The van der Waals surface area contributed by atoms with Crippen LogP contribution in [0, 0.1) is 11.7 Å². The lowest BCUT2D eigenvalue weighted by Gasteiger charge is -2.25. The van der Waals surface area contributed by atoms with Gasteiger partial charge < -0.3 is 11.1 Å². The lowest BCUT2D eigenvalue weighted by Crippen LogP contribution is -2.38. The van der Waals surface area contributed by atoms with Crippen molar-refractivity contribution in [3.8, 4) is 0 Å². The summed E-state index contributed by atoms with van der Waals surface area (Å²) in [5.74, 6) is -1.39. The number of hydrogen-bond donors (Lipinski definition) is 2. The highest BCUT2D eigenvalue weighted by atomic mass is 79.9. The monoisotopic (exact) mass is 479 g/mol. The van der Waals surface area contributed by atoms with Gasteiger partial charge >= 0.3 is 0 Å². The molecule has 0 spiro atoms. The molecule has 10 heteroatoms. The third-order valence-corrected chi connectivity index (χ3v) is 6.75. The number of nitrogens with one attached hydrogen (secondary N) is 1. The number of benzene rings is 1. The third kappa shape index (κ3) is 3.66. The number of fused-ring (bicyclic) bond motifs is 1. The van der Waals surface area contributed by atoms with Crippen molar-refractivity contribution in [2.75, 3.05) is 7.05 Å². The van der Waals surface area contributed by atoms with Crippen molar-refractivity contribution >= 4 is 50.7 Å². The standard InChI is InChI=1S/C19H16BrF2N5OS/c1-24-17(28)19-6-11(19)16(27-18(23)29-19)10-4-9(2-3-12(10)21)5-13(22)14-7-26-15(20)8-25-14/h2-5,7-8,11,16H,6H2,1H3,(H2,23,27)(H,24,28)/b13-5-. The number of thioether (sulfide) groups is 1. The number of carbonyl (C=O) groups excluding carboxylic acids is 1. The average Bonchev–Trinajstić information content (AvgIpc) is 3.44. The molecule has 6 nitrogen and oxygen atoms in total. The zero-order valence-electron chi connectivity index (χ0n) is 15.2. The number of rotatable bonds is 4. The molecule has 1 aliphatic heterocycles. The van der Waals surface area contributed by atoms with Crippen LogP contribution in [-0.2, 0) is 4.79 Å². The summed E-state index contributed by atoms with van der Waals surface area (Å²) in [6, 6.07) is 3.66. The maximum atomic E-state index is 14.6. The predicted molar refractivity (Wildman–Crippen MR) is 112 cm³/mol. The van der Waals surface area contributed by atoms with Gasteiger partial charge in [0.1, 0.15) is 20.9 Å². The molecular formula is C19H16BrF2N5OS. The topological polar surface area (TPSA) is 93.3 Å². The van der Waals surface area contributed by atoms with E-state index in [0.29, 0.717) is 16.6 Å². The van der Waals surface area contributed by atoms with E-state index in [2.05, 4.69) is 36.2 Å². The lowest BCUT2D eigenvalue weighted by atomic mass is 9.98. The quantitative estimate of drug-likeness (QED) is 0.700. The fourth-order valence-corrected chi connectivity index (χ4v) is 5.01. The molecule has 29 heavy (non-hydrogen) atoms. The first-order valence-corrected chi connectivity index (χ1v) is 10.3. The van der Waals surface area contributed by atoms with Crippen LogP contribution in [0.25, 0.3) is 11.9 Å². The normalized spacial score (nSPS) is 25.8. The molecule has 0 saturated heterocycles. The number of aliphatic imine (C=N–C) groups is 1. The van der Waals surface area contributed by atoms with Gasteiger partial charge in [0, 0.05) is 18.5 Å².